The molecule has 0 aliphatic carbocycles. The molecule has 1 heterocycles. The van der Waals surface area contributed by atoms with E-state index >= 15 is 0 Å². The van der Waals surface area contributed by atoms with E-state index in [0.717, 1.165) is 21.9 Å². The minimum atomic E-state index is -0.502. The lowest BCUT2D eigenvalue weighted by atomic mass is 10.1. The zero-order valence-corrected chi connectivity index (χ0v) is 14.6. The number of rotatable bonds is 3. The van der Waals surface area contributed by atoms with Crippen LogP contribution in [0.1, 0.15) is 11.1 Å². The Balaban J connectivity index is 1.60. The first-order valence-electron chi connectivity index (χ1n) is 8.52. The van der Waals surface area contributed by atoms with Gasteiger partial charge < -0.3 is 9.15 Å². The van der Waals surface area contributed by atoms with Crippen molar-refractivity contribution in [1.29, 1.82) is 0 Å². The summed E-state index contributed by atoms with van der Waals surface area (Å²) in [5.41, 5.74) is 2.03. The maximum absolute atomic E-state index is 12.1. The van der Waals surface area contributed by atoms with E-state index in [1.807, 2.05) is 43.3 Å². The monoisotopic (exact) mass is 356 g/mol. The molecule has 4 heteroatoms. The Morgan fingerprint density at radius 3 is 2.44 bits per heavy atom. The Bertz CT molecular complexity index is 1230. The number of hydrogen-bond acceptors (Lipinski definition) is 4. The normalized spacial score (nSPS) is 11.3. The van der Waals surface area contributed by atoms with Crippen LogP contribution >= 0.6 is 0 Å². The molecule has 132 valence electrons. The highest BCUT2D eigenvalue weighted by molar-refractivity contribution is 6.04. The van der Waals surface area contributed by atoms with E-state index in [1.165, 1.54) is 6.08 Å². The van der Waals surface area contributed by atoms with Crippen molar-refractivity contribution in [2.24, 2.45) is 0 Å². The van der Waals surface area contributed by atoms with Gasteiger partial charge in [0.1, 0.15) is 11.3 Å². The fourth-order valence-corrected chi connectivity index (χ4v) is 2.92. The predicted molar refractivity (Wildman–Crippen MR) is 106 cm³/mol. The highest BCUT2D eigenvalue weighted by Gasteiger charge is 2.09. The minimum absolute atomic E-state index is 0.319. The average Bonchev–Trinajstić information content (AvgIpc) is 2.68. The molecule has 3 aromatic carbocycles. The molecule has 4 aromatic rings. The first-order chi connectivity index (χ1) is 13.1. The molecule has 0 amide bonds. The van der Waals surface area contributed by atoms with Crippen LogP contribution in [0.3, 0.4) is 0 Å². The van der Waals surface area contributed by atoms with E-state index in [-0.39, 0.29) is 0 Å². The third-order valence-electron chi connectivity index (χ3n) is 4.30. The molecule has 0 atom stereocenters. The van der Waals surface area contributed by atoms with Gasteiger partial charge in [-0.15, -0.1) is 0 Å². The number of aryl methyl sites for hydroxylation is 1. The fourth-order valence-electron chi connectivity index (χ4n) is 2.92. The summed E-state index contributed by atoms with van der Waals surface area (Å²) in [5.74, 6) is -0.183. The summed E-state index contributed by atoms with van der Waals surface area (Å²) in [4.78, 5) is 24.2. The van der Waals surface area contributed by atoms with Gasteiger partial charge in [0, 0.05) is 17.5 Å². The van der Waals surface area contributed by atoms with Crippen molar-refractivity contribution in [3.8, 4) is 5.75 Å². The Labute approximate surface area is 155 Å². The van der Waals surface area contributed by atoms with Crippen LogP contribution < -0.4 is 10.4 Å². The van der Waals surface area contributed by atoms with E-state index in [1.54, 1.807) is 36.4 Å². The van der Waals surface area contributed by atoms with Gasteiger partial charge in [-0.1, -0.05) is 48.0 Å². The van der Waals surface area contributed by atoms with Crippen molar-refractivity contribution < 1.29 is 13.9 Å². The molecular formula is C23H16O4. The molecular weight excluding hydrogens is 340 g/mol. The van der Waals surface area contributed by atoms with Gasteiger partial charge in [-0.05, 0) is 42.1 Å². The lowest BCUT2D eigenvalue weighted by molar-refractivity contribution is -0.128. The molecule has 0 N–H and O–H groups in total. The maximum atomic E-state index is 12.1. The van der Waals surface area contributed by atoms with Crippen LogP contribution in [0.2, 0.25) is 0 Å². The van der Waals surface area contributed by atoms with Crippen molar-refractivity contribution in [2.75, 3.05) is 0 Å². The lowest BCUT2D eigenvalue weighted by Gasteiger charge is -2.05. The van der Waals surface area contributed by atoms with Crippen molar-refractivity contribution in [3.05, 3.63) is 94.4 Å². The second-order valence-corrected chi connectivity index (χ2v) is 6.26. The number of esters is 1. The van der Waals surface area contributed by atoms with Crippen molar-refractivity contribution >= 4 is 33.8 Å². The Morgan fingerprint density at radius 2 is 1.67 bits per heavy atom. The van der Waals surface area contributed by atoms with E-state index in [4.69, 9.17) is 9.15 Å². The minimum Gasteiger partial charge on any atom is -0.423 e. The van der Waals surface area contributed by atoms with E-state index in [2.05, 4.69) is 0 Å². The Morgan fingerprint density at radius 1 is 0.926 bits per heavy atom. The average molecular weight is 356 g/mol. The van der Waals surface area contributed by atoms with Gasteiger partial charge in [0.25, 0.3) is 0 Å². The topological polar surface area (TPSA) is 56.5 Å². The van der Waals surface area contributed by atoms with Gasteiger partial charge in [0.15, 0.2) is 0 Å². The van der Waals surface area contributed by atoms with Crippen LogP contribution in [0.5, 0.6) is 5.75 Å². The number of fused-ring (bicyclic) bond motifs is 3. The number of ether oxygens (including phenoxy) is 1. The summed E-state index contributed by atoms with van der Waals surface area (Å²) in [7, 11) is 0. The zero-order chi connectivity index (χ0) is 18.8. The lowest BCUT2D eigenvalue weighted by Crippen LogP contribution is -2.04. The van der Waals surface area contributed by atoms with E-state index in [0.29, 0.717) is 16.7 Å². The molecule has 0 spiro atoms. The number of benzene rings is 3. The van der Waals surface area contributed by atoms with Crippen molar-refractivity contribution in [1.82, 2.24) is 0 Å². The highest BCUT2D eigenvalue weighted by atomic mass is 16.5. The summed E-state index contributed by atoms with van der Waals surface area (Å²) in [6, 6.07) is 20.1. The smallest absolute Gasteiger partial charge is 0.344 e. The Kier molecular flexibility index (Phi) is 4.30. The van der Waals surface area contributed by atoms with Crippen LogP contribution in [0.25, 0.3) is 27.8 Å². The molecule has 0 saturated carbocycles. The summed E-state index contributed by atoms with van der Waals surface area (Å²) in [6.07, 6.45) is 3.06. The molecule has 0 saturated heterocycles. The van der Waals surface area contributed by atoms with Crippen LogP contribution in [0.4, 0.5) is 0 Å². The van der Waals surface area contributed by atoms with Crippen LogP contribution in [-0.2, 0) is 4.79 Å². The molecule has 27 heavy (non-hydrogen) atoms. The SMILES string of the molecule is Cc1ccc(/C=C/C(=O)Oc2ccc3c(c2)oc(=O)c2ccccc23)cc1. The first kappa shape index (κ1) is 16.8. The first-order valence-corrected chi connectivity index (χ1v) is 8.52. The second kappa shape index (κ2) is 6.92. The maximum Gasteiger partial charge on any atom is 0.344 e. The third kappa shape index (κ3) is 3.51. The van der Waals surface area contributed by atoms with Gasteiger partial charge in [-0.25, -0.2) is 9.59 Å². The van der Waals surface area contributed by atoms with Gasteiger partial charge in [0.05, 0.1) is 5.39 Å². The number of carbonyl (C=O) groups excluding carboxylic acids is 1. The molecule has 0 unspecified atom stereocenters. The van der Waals surface area contributed by atoms with Crippen LogP contribution in [0.15, 0.2) is 82.0 Å². The largest absolute Gasteiger partial charge is 0.423 e. The zero-order valence-electron chi connectivity index (χ0n) is 14.6. The van der Waals surface area contributed by atoms with Crippen molar-refractivity contribution in [2.45, 2.75) is 6.92 Å². The standard InChI is InChI=1S/C23H16O4/c1-15-6-8-16(9-7-15)10-13-22(24)26-17-11-12-19-18-4-2-3-5-20(18)23(25)27-21(19)14-17/h2-14H,1H3/b13-10+. The van der Waals surface area contributed by atoms with Crippen LogP contribution in [-0.4, -0.2) is 5.97 Å². The highest BCUT2D eigenvalue weighted by Crippen LogP contribution is 2.26. The molecule has 4 rings (SSSR count). The Hall–Kier alpha value is -3.66. The van der Waals surface area contributed by atoms with Gasteiger partial charge in [0.2, 0.25) is 0 Å². The molecule has 0 radical (unpaired) electrons. The predicted octanol–water partition coefficient (Wildman–Crippen LogP) is 4.87. The molecule has 4 nitrogen and oxygen atoms in total. The molecule has 0 fully saturated rings. The van der Waals surface area contributed by atoms with Gasteiger partial charge >= 0.3 is 11.6 Å². The molecule has 0 aliphatic rings. The van der Waals surface area contributed by atoms with Crippen molar-refractivity contribution in [3.63, 3.8) is 0 Å². The fraction of sp³-hybridized carbons (Fsp3) is 0.0435. The molecule has 0 aliphatic heterocycles. The quantitative estimate of drug-likeness (QED) is 0.173. The molecule has 1 aromatic heterocycles. The summed E-state index contributed by atoms with van der Waals surface area (Å²) in [6.45, 7) is 2.00. The summed E-state index contributed by atoms with van der Waals surface area (Å²) < 4.78 is 10.7. The van der Waals surface area contributed by atoms with E-state index in [9.17, 15) is 9.59 Å². The van der Waals surface area contributed by atoms with Gasteiger partial charge in [-0.2, -0.15) is 0 Å². The van der Waals surface area contributed by atoms with Gasteiger partial charge in [-0.3, -0.25) is 0 Å². The summed E-state index contributed by atoms with van der Waals surface area (Å²) >= 11 is 0. The molecule has 0 bridgehead atoms. The summed E-state index contributed by atoms with van der Waals surface area (Å²) in [5, 5.41) is 2.12. The second-order valence-electron chi connectivity index (χ2n) is 6.26. The number of hydrogen-bond donors (Lipinski definition) is 0. The van der Waals surface area contributed by atoms with E-state index < -0.39 is 11.6 Å². The third-order valence-corrected chi connectivity index (χ3v) is 4.30. The number of carbonyl (C=O) groups is 1. The van der Waals surface area contributed by atoms with Crippen LogP contribution in [0, 0.1) is 6.92 Å².